The first-order chi connectivity index (χ1) is 9.92. The summed E-state index contributed by atoms with van der Waals surface area (Å²) >= 11 is 0.774. The van der Waals surface area contributed by atoms with Gasteiger partial charge in [0, 0.05) is 0 Å². The van der Waals surface area contributed by atoms with Crippen molar-refractivity contribution < 1.29 is 22.0 Å². The highest BCUT2D eigenvalue weighted by Gasteiger charge is 2.29. The second kappa shape index (κ2) is 6.02. The van der Waals surface area contributed by atoms with Crippen LogP contribution in [0.15, 0.2) is 0 Å². The number of hydrogen-bond donors (Lipinski definition) is 1. The Hall–Kier alpha value is -1.61. The summed E-state index contributed by atoms with van der Waals surface area (Å²) in [6.07, 6.45) is 0.627. The van der Waals surface area contributed by atoms with Crippen molar-refractivity contribution in [1.82, 2.24) is 15.5 Å². The van der Waals surface area contributed by atoms with Crippen molar-refractivity contribution in [2.24, 2.45) is 0 Å². The van der Waals surface area contributed by atoms with E-state index in [9.17, 15) is 22.0 Å². The number of rotatable bonds is 4. The Morgan fingerprint density at radius 2 is 1.48 bits per heavy atom. The third-order valence-corrected chi connectivity index (χ3v) is 3.97. The van der Waals surface area contributed by atoms with Crippen LogP contribution in [-0.2, 0) is 0 Å². The number of nitrogens with one attached hydrogen (secondary N) is 1. The largest absolute Gasteiger partial charge is 0.311 e. The van der Waals surface area contributed by atoms with Crippen molar-refractivity contribution in [3.8, 4) is 10.6 Å². The highest BCUT2D eigenvalue weighted by molar-refractivity contribution is 7.14. The fraction of sp³-hybridized carbons (Fsp3) is 0.333. The van der Waals surface area contributed by atoms with Crippen molar-refractivity contribution >= 4 is 11.3 Å². The zero-order valence-electron chi connectivity index (χ0n) is 11.0. The first-order valence-corrected chi connectivity index (χ1v) is 6.76. The maximum absolute atomic E-state index is 13.7. The minimum atomic E-state index is -2.19. The Kier molecular flexibility index (Phi) is 4.52. The molecule has 1 atom stereocenters. The summed E-state index contributed by atoms with van der Waals surface area (Å²) in [4.78, 5) is 0. The molecule has 1 heterocycles. The fourth-order valence-corrected chi connectivity index (χ4v) is 2.84. The minimum Gasteiger partial charge on any atom is -0.311 e. The van der Waals surface area contributed by atoms with Gasteiger partial charge in [-0.05, 0) is 13.5 Å². The predicted octanol–water partition coefficient (Wildman–Crippen LogP) is 3.57. The Bertz CT molecular complexity index is 640. The molecule has 0 spiro atoms. The Morgan fingerprint density at radius 3 is 1.95 bits per heavy atom. The Labute approximate surface area is 120 Å². The zero-order valence-corrected chi connectivity index (χ0v) is 11.8. The average Bonchev–Trinajstić information content (AvgIpc) is 2.94. The molecule has 0 amide bonds. The normalized spacial score (nSPS) is 12.7. The standard InChI is InChI=1S/C12H10F5N3S/c1-3-4(18-2)11-19-20-12(21-11)5-6(13)8(15)10(17)9(16)7(5)14/h4,18H,3H2,1-2H3. The zero-order chi connectivity index (χ0) is 15.7. The van der Waals surface area contributed by atoms with Gasteiger partial charge in [0.2, 0.25) is 5.82 Å². The second-order valence-electron chi connectivity index (χ2n) is 4.14. The van der Waals surface area contributed by atoms with E-state index in [4.69, 9.17) is 0 Å². The fourth-order valence-electron chi connectivity index (χ4n) is 1.77. The van der Waals surface area contributed by atoms with Crippen molar-refractivity contribution in [3.63, 3.8) is 0 Å². The average molecular weight is 323 g/mol. The van der Waals surface area contributed by atoms with Crippen molar-refractivity contribution in [1.29, 1.82) is 0 Å². The van der Waals surface area contributed by atoms with Crippen LogP contribution in [0.2, 0.25) is 0 Å². The van der Waals surface area contributed by atoms with Crippen LogP contribution in [0.25, 0.3) is 10.6 Å². The maximum Gasteiger partial charge on any atom is 0.200 e. The molecule has 0 aliphatic heterocycles. The second-order valence-corrected chi connectivity index (χ2v) is 5.15. The molecule has 21 heavy (non-hydrogen) atoms. The summed E-state index contributed by atoms with van der Waals surface area (Å²) in [6.45, 7) is 1.85. The quantitative estimate of drug-likeness (QED) is 0.531. The van der Waals surface area contributed by atoms with Crippen molar-refractivity contribution in [2.75, 3.05) is 7.05 Å². The van der Waals surface area contributed by atoms with E-state index in [0.29, 0.717) is 11.4 Å². The van der Waals surface area contributed by atoms with E-state index in [2.05, 4.69) is 15.5 Å². The molecule has 0 radical (unpaired) electrons. The van der Waals surface area contributed by atoms with Crippen LogP contribution < -0.4 is 5.32 Å². The maximum atomic E-state index is 13.7. The van der Waals surface area contributed by atoms with E-state index in [1.165, 1.54) is 0 Å². The molecule has 2 aromatic rings. The molecule has 9 heteroatoms. The molecule has 114 valence electrons. The number of aromatic nitrogens is 2. The first-order valence-electron chi connectivity index (χ1n) is 5.94. The van der Waals surface area contributed by atoms with Gasteiger partial charge in [0.1, 0.15) is 5.01 Å². The molecular formula is C12H10F5N3S. The summed E-state index contributed by atoms with van der Waals surface area (Å²) in [5.41, 5.74) is -1.05. The van der Waals surface area contributed by atoms with E-state index in [1.54, 1.807) is 7.05 Å². The first kappa shape index (κ1) is 15.8. The van der Waals surface area contributed by atoms with E-state index in [0.717, 1.165) is 11.3 Å². The van der Waals surface area contributed by atoms with Crippen LogP contribution in [0.3, 0.4) is 0 Å². The molecule has 0 saturated carbocycles. The lowest BCUT2D eigenvalue weighted by molar-refractivity contribution is 0.381. The summed E-state index contributed by atoms with van der Waals surface area (Å²) < 4.78 is 66.7. The van der Waals surface area contributed by atoms with Gasteiger partial charge in [-0.15, -0.1) is 10.2 Å². The van der Waals surface area contributed by atoms with Crippen LogP contribution in [0, 0.1) is 29.1 Å². The molecule has 1 aromatic carbocycles. The number of nitrogens with zero attached hydrogens (tertiary/aromatic N) is 2. The van der Waals surface area contributed by atoms with E-state index in [-0.39, 0.29) is 11.0 Å². The number of benzene rings is 1. The molecule has 0 aliphatic carbocycles. The van der Waals surface area contributed by atoms with Crippen LogP contribution in [-0.4, -0.2) is 17.2 Å². The molecule has 2 rings (SSSR count). The van der Waals surface area contributed by atoms with Gasteiger partial charge in [0.15, 0.2) is 28.3 Å². The third-order valence-electron chi connectivity index (χ3n) is 2.92. The predicted molar refractivity (Wildman–Crippen MR) is 67.2 cm³/mol. The lowest BCUT2D eigenvalue weighted by atomic mass is 10.2. The molecule has 0 fully saturated rings. The molecule has 1 aromatic heterocycles. The van der Waals surface area contributed by atoms with E-state index in [1.807, 2.05) is 6.92 Å². The van der Waals surface area contributed by atoms with Gasteiger partial charge in [-0.25, -0.2) is 22.0 Å². The van der Waals surface area contributed by atoms with E-state index < -0.39 is 34.6 Å². The highest BCUT2D eigenvalue weighted by Crippen LogP contribution is 2.34. The molecule has 0 saturated heterocycles. The number of halogens is 5. The molecular weight excluding hydrogens is 313 g/mol. The minimum absolute atomic E-state index is 0.211. The van der Waals surface area contributed by atoms with Gasteiger partial charge in [0.05, 0.1) is 11.6 Å². The Morgan fingerprint density at radius 1 is 0.952 bits per heavy atom. The highest BCUT2D eigenvalue weighted by atomic mass is 32.1. The van der Waals surface area contributed by atoms with Gasteiger partial charge >= 0.3 is 0 Å². The summed E-state index contributed by atoms with van der Waals surface area (Å²) in [5, 5.41) is 10.2. The summed E-state index contributed by atoms with van der Waals surface area (Å²) in [6, 6.07) is -0.211. The smallest absolute Gasteiger partial charge is 0.200 e. The molecule has 0 bridgehead atoms. The van der Waals surface area contributed by atoms with Crippen molar-refractivity contribution in [2.45, 2.75) is 19.4 Å². The van der Waals surface area contributed by atoms with Gasteiger partial charge in [-0.3, -0.25) is 0 Å². The summed E-state index contributed by atoms with van der Waals surface area (Å²) in [7, 11) is 1.66. The lowest BCUT2D eigenvalue weighted by Gasteiger charge is -2.08. The topological polar surface area (TPSA) is 37.8 Å². The summed E-state index contributed by atoms with van der Waals surface area (Å²) in [5.74, 6) is -10.0. The van der Waals surface area contributed by atoms with Gasteiger partial charge < -0.3 is 5.32 Å². The molecule has 1 N–H and O–H groups in total. The monoisotopic (exact) mass is 323 g/mol. The van der Waals surface area contributed by atoms with Crippen LogP contribution >= 0.6 is 11.3 Å². The number of hydrogen-bond acceptors (Lipinski definition) is 4. The Balaban J connectivity index is 2.58. The SMILES string of the molecule is CCC(NC)c1nnc(-c2c(F)c(F)c(F)c(F)c2F)s1. The van der Waals surface area contributed by atoms with Crippen LogP contribution in [0.5, 0.6) is 0 Å². The third kappa shape index (κ3) is 2.62. The molecule has 1 unspecified atom stereocenters. The van der Waals surface area contributed by atoms with Crippen LogP contribution in [0.4, 0.5) is 22.0 Å². The van der Waals surface area contributed by atoms with Crippen LogP contribution in [0.1, 0.15) is 24.4 Å². The van der Waals surface area contributed by atoms with Gasteiger partial charge in [-0.1, -0.05) is 18.3 Å². The van der Waals surface area contributed by atoms with Crippen molar-refractivity contribution in [3.05, 3.63) is 34.1 Å². The van der Waals surface area contributed by atoms with E-state index >= 15 is 0 Å². The molecule has 3 nitrogen and oxygen atoms in total. The van der Waals surface area contributed by atoms with Gasteiger partial charge in [0.25, 0.3) is 0 Å². The van der Waals surface area contributed by atoms with Gasteiger partial charge in [-0.2, -0.15) is 0 Å². The molecule has 0 aliphatic rings. The lowest BCUT2D eigenvalue weighted by Crippen LogP contribution is -2.14.